The van der Waals surface area contributed by atoms with Crippen molar-refractivity contribution in [2.24, 2.45) is 0 Å². The van der Waals surface area contributed by atoms with Gasteiger partial charge in [0.15, 0.2) is 24.2 Å². The van der Waals surface area contributed by atoms with Gasteiger partial charge in [-0.1, -0.05) is 12.1 Å². The maximum absolute atomic E-state index is 12.1. The van der Waals surface area contributed by atoms with E-state index in [9.17, 15) is 9.59 Å². The van der Waals surface area contributed by atoms with E-state index in [0.29, 0.717) is 23.0 Å². The summed E-state index contributed by atoms with van der Waals surface area (Å²) in [6.07, 6.45) is -0.838. The van der Waals surface area contributed by atoms with E-state index in [1.54, 1.807) is 25.1 Å². The van der Waals surface area contributed by atoms with Crippen LogP contribution in [0.4, 0.5) is 0 Å². The van der Waals surface area contributed by atoms with Crippen LogP contribution in [0.15, 0.2) is 36.4 Å². The average Bonchev–Trinajstić information content (AvgIpc) is 2.74. The van der Waals surface area contributed by atoms with Crippen LogP contribution in [0.2, 0.25) is 0 Å². The molecule has 2 aromatic carbocycles. The first-order valence-electron chi connectivity index (χ1n) is 9.33. The SMILES string of the molecule is COc1cc(CNC(=O)COC(=O)[C@H](C)Oc2cccc(C)c2)cc(OC)c1OC. The molecule has 30 heavy (non-hydrogen) atoms. The van der Waals surface area contributed by atoms with Crippen molar-refractivity contribution in [2.75, 3.05) is 27.9 Å². The molecule has 1 atom stereocenters. The van der Waals surface area contributed by atoms with Crippen molar-refractivity contribution in [1.29, 1.82) is 0 Å². The van der Waals surface area contributed by atoms with E-state index in [1.165, 1.54) is 21.3 Å². The number of amides is 1. The second-order valence-corrected chi connectivity index (χ2v) is 6.49. The lowest BCUT2D eigenvalue weighted by Gasteiger charge is -2.15. The van der Waals surface area contributed by atoms with Gasteiger partial charge < -0.3 is 29.0 Å². The Kier molecular flexibility index (Phi) is 8.34. The predicted molar refractivity (Wildman–Crippen MR) is 110 cm³/mol. The summed E-state index contributed by atoms with van der Waals surface area (Å²) in [7, 11) is 4.54. The molecule has 162 valence electrons. The Bertz CT molecular complexity index is 857. The molecule has 1 amide bonds. The Hall–Kier alpha value is -3.42. The Morgan fingerprint density at radius 1 is 1.00 bits per heavy atom. The quantitative estimate of drug-likeness (QED) is 0.594. The molecule has 0 aromatic heterocycles. The van der Waals surface area contributed by atoms with Gasteiger partial charge in [0.25, 0.3) is 5.91 Å². The summed E-state index contributed by atoms with van der Waals surface area (Å²) in [5.74, 6) is 0.918. The summed E-state index contributed by atoms with van der Waals surface area (Å²) in [6, 6.07) is 10.8. The highest BCUT2D eigenvalue weighted by Crippen LogP contribution is 2.38. The molecule has 0 bridgehead atoms. The molecule has 0 unspecified atom stereocenters. The van der Waals surface area contributed by atoms with Crippen molar-refractivity contribution >= 4 is 11.9 Å². The van der Waals surface area contributed by atoms with Crippen molar-refractivity contribution in [1.82, 2.24) is 5.32 Å². The molecule has 0 radical (unpaired) electrons. The molecule has 0 fully saturated rings. The summed E-state index contributed by atoms with van der Waals surface area (Å²) < 4.78 is 26.4. The number of carbonyl (C=O) groups is 2. The number of methoxy groups -OCH3 is 3. The van der Waals surface area contributed by atoms with E-state index in [-0.39, 0.29) is 6.54 Å². The molecule has 8 heteroatoms. The number of nitrogens with one attached hydrogen (secondary N) is 1. The molecule has 0 aliphatic heterocycles. The second-order valence-electron chi connectivity index (χ2n) is 6.49. The Labute approximate surface area is 176 Å². The molecule has 0 spiro atoms. The van der Waals surface area contributed by atoms with Crippen LogP contribution in [-0.4, -0.2) is 45.9 Å². The highest BCUT2D eigenvalue weighted by atomic mass is 16.6. The lowest BCUT2D eigenvalue weighted by atomic mass is 10.1. The smallest absolute Gasteiger partial charge is 0.347 e. The molecular weight excluding hydrogens is 390 g/mol. The number of rotatable bonds is 10. The zero-order valence-electron chi connectivity index (χ0n) is 17.8. The lowest BCUT2D eigenvalue weighted by molar-refractivity contribution is -0.154. The van der Waals surface area contributed by atoms with E-state index in [4.69, 9.17) is 23.7 Å². The minimum atomic E-state index is -0.838. The summed E-state index contributed by atoms with van der Waals surface area (Å²) >= 11 is 0. The number of ether oxygens (including phenoxy) is 5. The van der Waals surface area contributed by atoms with E-state index in [0.717, 1.165) is 11.1 Å². The molecule has 0 aliphatic rings. The van der Waals surface area contributed by atoms with Gasteiger partial charge in [0.05, 0.1) is 21.3 Å². The van der Waals surface area contributed by atoms with Gasteiger partial charge >= 0.3 is 5.97 Å². The first-order valence-corrected chi connectivity index (χ1v) is 9.33. The van der Waals surface area contributed by atoms with Crippen molar-refractivity contribution in [2.45, 2.75) is 26.5 Å². The topological polar surface area (TPSA) is 92.3 Å². The summed E-state index contributed by atoms with van der Waals surface area (Å²) in [4.78, 5) is 24.1. The minimum Gasteiger partial charge on any atom is -0.493 e. The Balaban J connectivity index is 1.85. The Morgan fingerprint density at radius 3 is 2.23 bits per heavy atom. The normalized spacial score (nSPS) is 11.2. The Morgan fingerprint density at radius 2 is 1.67 bits per heavy atom. The maximum Gasteiger partial charge on any atom is 0.347 e. The summed E-state index contributed by atoms with van der Waals surface area (Å²) in [6.45, 7) is 3.28. The zero-order valence-corrected chi connectivity index (χ0v) is 17.8. The van der Waals surface area contributed by atoms with Gasteiger partial charge in [-0.3, -0.25) is 4.79 Å². The zero-order chi connectivity index (χ0) is 22.1. The third kappa shape index (κ3) is 6.30. The highest BCUT2D eigenvalue weighted by molar-refractivity contribution is 5.82. The van der Waals surface area contributed by atoms with Gasteiger partial charge in [-0.2, -0.15) is 0 Å². The maximum atomic E-state index is 12.1. The van der Waals surface area contributed by atoms with Gasteiger partial charge in [-0.25, -0.2) is 4.79 Å². The van der Waals surface area contributed by atoms with Crippen LogP contribution in [0, 0.1) is 6.92 Å². The van der Waals surface area contributed by atoms with Gasteiger partial charge in [-0.15, -0.1) is 0 Å². The molecule has 2 aromatic rings. The average molecular weight is 417 g/mol. The molecular formula is C22H27NO7. The fourth-order valence-electron chi connectivity index (χ4n) is 2.68. The van der Waals surface area contributed by atoms with Gasteiger partial charge in [-0.05, 0) is 49.2 Å². The van der Waals surface area contributed by atoms with Crippen molar-refractivity contribution < 1.29 is 33.3 Å². The second kappa shape index (κ2) is 10.9. The van der Waals surface area contributed by atoms with Crippen LogP contribution >= 0.6 is 0 Å². The van der Waals surface area contributed by atoms with Crippen LogP contribution in [0.1, 0.15) is 18.1 Å². The van der Waals surface area contributed by atoms with Gasteiger partial charge in [0.1, 0.15) is 5.75 Å². The van der Waals surface area contributed by atoms with Gasteiger partial charge in [0.2, 0.25) is 5.75 Å². The van der Waals surface area contributed by atoms with Crippen LogP contribution < -0.4 is 24.3 Å². The van der Waals surface area contributed by atoms with Crippen LogP contribution in [0.3, 0.4) is 0 Å². The molecule has 0 saturated heterocycles. The fraction of sp³-hybridized carbons (Fsp3) is 0.364. The summed E-state index contributed by atoms with van der Waals surface area (Å²) in [5, 5.41) is 2.68. The fourth-order valence-corrected chi connectivity index (χ4v) is 2.68. The molecule has 8 nitrogen and oxygen atoms in total. The molecule has 2 rings (SSSR count). The monoisotopic (exact) mass is 417 g/mol. The first kappa shape index (κ1) is 22.9. The van der Waals surface area contributed by atoms with E-state index in [2.05, 4.69) is 5.32 Å². The largest absolute Gasteiger partial charge is 0.493 e. The van der Waals surface area contributed by atoms with Crippen LogP contribution in [-0.2, 0) is 20.9 Å². The third-order valence-corrected chi connectivity index (χ3v) is 4.19. The number of carbonyl (C=O) groups excluding carboxylic acids is 2. The van der Waals surface area contributed by atoms with Gasteiger partial charge in [0, 0.05) is 6.54 Å². The van der Waals surface area contributed by atoms with E-state index < -0.39 is 24.6 Å². The van der Waals surface area contributed by atoms with Crippen LogP contribution in [0.5, 0.6) is 23.0 Å². The first-order chi connectivity index (χ1) is 14.4. The van der Waals surface area contributed by atoms with Crippen molar-refractivity contribution in [3.05, 3.63) is 47.5 Å². The predicted octanol–water partition coefficient (Wildman–Crippen LogP) is 2.65. The van der Waals surface area contributed by atoms with E-state index >= 15 is 0 Å². The number of aryl methyl sites for hydroxylation is 1. The number of hydrogen-bond donors (Lipinski definition) is 1. The van der Waals surface area contributed by atoms with Crippen molar-refractivity contribution in [3.8, 4) is 23.0 Å². The minimum absolute atomic E-state index is 0.197. The van der Waals surface area contributed by atoms with E-state index in [1.807, 2.05) is 25.1 Å². The third-order valence-electron chi connectivity index (χ3n) is 4.19. The lowest BCUT2D eigenvalue weighted by Crippen LogP contribution is -2.32. The molecule has 0 heterocycles. The molecule has 1 N–H and O–H groups in total. The standard InChI is InChI=1S/C22H27NO7/c1-14-7-6-8-17(9-14)30-15(2)22(25)29-13-20(24)23-12-16-10-18(26-3)21(28-5)19(11-16)27-4/h6-11,15H,12-13H2,1-5H3,(H,23,24)/t15-/m0/s1. The molecule has 0 aliphatic carbocycles. The highest BCUT2D eigenvalue weighted by Gasteiger charge is 2.18. The number of esters is 1. The number of hydrogen-bond acceptors (Lipinski definition) is 7. The summed E-state index contributed by atoms with van der Waals surface area (Å²) in [5.41, 5.74) is 1.75. The van der Waals surface area contributed by atoms with Crippen LogP contribution in [0.25, 0.3) is 0 Å². The molecule has 0 saturated carbocycles. The van der Waals surface area contributed by atoms with Crippen molar-refractivity contribution in [3.63, 3.8) is 0 Å². The number of benzene rings is 2.